The fourth-order valence-electron chi connectivity index (χ4n) is 3.72. The highest BCUT2D eigenvalue weighted by Gasteiger charge is 2.37. The summed E-state index contributed by atoms with van der Waals surface area (Å²) in [4.78, 5) is 49.8. The highest BCUT2D eigenvalue weighted by molar-refractivity contribution is 6.42. The van der Waals surface area contributed by atoms with Crippen molar-refractivity contribution in [1.82, 2.24) is 9.88 Å². The highest BCUT2D eigenvalue weighted by atomic mass is 19.4. The molecule has 0 aliphatic carbocycles. The lowest BCUT2D eigenvalue weighted by atomic mass is 10.0. The molecule has 0 radical (unpaired) electrons. The summed E-state index contributed by atoms with van der Waals surface area (Å²) >= 11 is 0. The van der Waals surface area contributed by atoms with Crippen LogP contribution in [0.5, 0.6) is 0 Å². The minimum absolute atomic E-state index is 0.0258. The molecule has 14 heteroatoms. The van der Waals surface area contributed by atoms with Gasteiger partial charge in [-0.3, -0.25) is 0 Å². The molecule has 0 spiro atoms. The lowest BCUT2D eigenvalue weighted by Crippen LogP contribution is -2.38. The van der Waals surface area contributed by atoms with Gasteiger partial charge in [0.2, 0.25) is 0 Å². The summed E-state index contributed by atoms with van der Waals surface area (Å²) in [6, 6.07) is 6.75. The van der Waals surface area contributed by atoms with Gasteiger partial charge in [0, 0.05) is 24.6 Å². The predicted octanol–water partition coefficient (Wildman–Crippen LogP) is 3.67. The second-order valence-corrected chi connectivity index (χ2v) is 8.07. The number of aldehydes is 1. The van der Waals surface area contributed by atoms with E-state index in [1.807, 2.05) is 0 Å². The third-order valence-corrected chi connectivity index (χ3v) is 5.47. The van der Waals surface area contributed by atoms with Crippen molar-refractivity contribution in [2.75, 3.05) is 10.6 Å². The van der Waals surface area contributed by atoms with Gasteiger partial charge in [-0.15, -0.1) is 0 Å². The van der Waals surface area contributed by atoms with Crippen LogP contribution in [0.1, 0.15) is 21.5 Å². The maximum atomic E-state index is 13.9. The minimum Gasteiger partial charge on any atom is -0.478 e. The molecule has 0 bridgehead atoms. The Kier molecular flexibility index (Phi) is 6.88. The molecule has 1 atom stereocenters. The van der Waals surface area contributed by atoms with Crippen molar-refractivity contribution in [1.29, 1.82) is 0 Å². The van der Waals surface area contributed by atoms with Gasteiger partial charge in [-0.1, -0.05) is 6.07 Å². The fraction of sp³-hybridized carbons (Fsp3) is 0.125. The molecule has 0 saturated heterocycles. The van der Waals surface area contributed by atoms with Gasteiger partial charge >= 0.3 is 24.1 Å². The van der Waals surface area contributed by atoms with Gasteiger partial charge in [-0.05, 0) is 42.0 Å². The largest absolute Gasteiger partial charge is 0.478 e. The van der Waals surface area contributed by atoms with Gasteiger partial charge in [0.15, 0.2) is 5.71 Å². The number of nitrogens with zero attached hydrogens (tertiary/aromatic N) is 2. The number of aromatic nitrogens is 1. The second-order valence-electron chi connectivity index (χ2n) is 8.07. The van der Waals surface area contributed by atoms with Crippen molar-refractivity contribution in [3.8, 4) is 5.69 Å². The molecule has 1 aliphatic heterocycles. The van der Waals surface area contributed by atoms with Gasteiger partial charge in [0.05, 0.1) is 28.2 Å². The molecule has 4 rings (SSSR count). The first kappa shape index (κ1) is 25.9. The van der Waals surface area contributed by atoms with Gasteiger partial charge in [0.25, 0.3) is 0 Å². The molecule has 0 saturated carbocycles. The van der Waals surface area contributed by atoms with E-state index in [4.69, 9.17) is 5.11 Å². The van der Waals surface area contributed by atoms with E-state index in [9.17, 15) is 37.5 Å². The Labute approximate surface area is 211 Å². The number of carboxylic acids is 2. The Bertz CT molecular complexity index is 1480. The number of aliphatic carboxylic acids is 1. The maximum absolute atomic E-state index is 13.9. The van der Waals surface area contributed by atoms with Gasteiger partial charge in [-0.25, -0.2) is 19.4 Å². The van der Waals surface area contributed by atoms with E-state index in [1.54, 1.807) is 0 Å². The van der Waals surface area contributed by atoms with Crippen LogP contribution in [0.15, 0.2) is 59.9 Å². The maximum Gasteiger partial charge on any atom is 0.418 e. The average molecular weight is 529 g/mol. The molecule has 38 heavy (non-hydrogen) atoms. The van der Waals surface area contributed by atoms with E-state index in [2.05, 4.69) is 20.9 Å². The molecule has 1 aromatic heterocycles. The van der Waals surface area contributed by atoms with E-state index in [1.165, 1.54) is 42.7 Å². The van der Waals surface area contributed by atoms with Crippen LogP contribution in [0.3, 0.4) is 0 Å². The Hall–Kier alpha value is -5.14. The standard InChI is InChI=1S/C24H18F3N5O6/c25-24(26,27)15-7-16-17(31-20(22(36)37)18(11-33)30-16)8-19(15)32-5-4-12(10-32)9-28-23(38)29-14-3-1-2-13(6-14)21(34)35/h1-8,10-11,18,30H,9H2,(H,34,35)(H,36,37)(H2,28,29,38). The SMILES string of the molecule is O=CC1Nc2cc(C(F)(F)F)c(-n3ccc(CNC(=O)Nc4cccc(C(=O)O)c4)c3)cc2N=C1C(=O)O. The van der Waals surface area contributed by atoms with Crippen LogP contribution in [0.2, 0.25) is 0 Å². The van der Waals surface area contributed by atoms with Crippen molar-refractivity contribution in [3.63, 3.8) is 0 Å². The van der Waals surface area contributed by atoms with Crippen LogP contribution in [-0.4, -0.2) is 50.8 Å². The van der Waals surface area contributed by atoms with E-state index >= 15 is 0 Å². The number of anilines is 2. The molecule has 0 fully saturated rings. The third-order valence-electron chi connectivity index (χ3n) is 5.47. The second kappa shape index (κ2) is 10.1. The zero-order valence-corrected chi connectivity index (χ0v) is 19.1. The quantitative estimate of drug-likeness (QED) is 0.292. The number of hydrogen-bond acceptors (Lipinski definition) is 6. The zero-order chi connectivity index (χ0) is 27.6. The van der Waals surface area contributed by atoms with Crippen molar-refractivity contribution < 1.29 is 42.6 Å². The molecule has 3 aromatic rings. The number of amides is 2. The Morgan fingerprint density at radius 2 is 1.87 bits per heavy atom. The van der Waals surface area contributed by atoms with Crippen molar-refractivity contribution >= 4 is 47.0 Å². The van der Waals surface area contributed by atoms with Gasteiger partial charge in [-0.2, -0.15) is 13.2 Å². The summed E-state index contributed by atoms with van der Waals surface area (Å²) in [5.74, 6) is -2.66. The van der Waals surface area contributed by atoms with Gasteiger partial charge in [0.1, 0.15) is 12.3 Å². The van der Waals surface area contributed by atoms with Crippen molar-refractivity contribution in [3.05, 3.63) is 71.5 Å². The smallest absolute Gasteiger partial charge is 0.418 e. The number of rotatable bonds is 7. The average Bonchev–Trinajstić information content (AvgIpc) is 3.34. The number of alkyl halides is 3. The molecule has 2 heterocycles. The number of urea groups is 1. The molecule has 1 aliphatic rings. The number of halogens is 3. The minimum atomic E-state index is -4.80. The molecule has 196 valence electrons. The number of hydrogen-bond donors (Lipinski definition) is 5. The first-order valence-electron chi connectivity index (χ1n) is 10.8. The van der Waals surface area contributed by atoms with E-state index in [0.717, 1.165) is 16.7 Å². The first-order valence-corrected chi connectivity index (χ1v) is 10.8. The number of fused-ring (bicyclic) bond motifs is 1. The third kappa shape index (κ3) is 5.48. The molecule has 5 N–H and O–H groups in total. The van der Waals surface area contributed by atoms with Crippen LogP contribution in [-0.2, 0) is 22.3 Å². The Balaban J connectivity index is 1.56. The first-order chi connectivity index (χ1) is 18.0. The highest BCUT2D eigenvalue weighted by Crippen LogP contribution is 2.41. The molecular weight excluding hydrogens is 511 g/mol. The van der Waals surface area contributed by atoms with Gasteiger partial charge < -0.3 is 35.5 Å². The lowest BCUT2D eigenvalue weighted by Gasteiger charge is -2.24. The molecule has 1 unspecified atom stereocenters. The number of aromatic carboxylic acids is 1. The number of carboxylic acid groups (broad SMARTS) is 2. The molecule has 11 nitrogen and oxygen atoms in total. The summed E-state index contributed by atoms with van der Waals surface area (Å²) in [5.41, 5.74) is -1.58. The number of benzene rings is 2. The van der Waals surface area contributed by atoms with Crippen molar-refractivity contribution in [2.24, 2.45) is 4.99 Å². The van der Waals surface area contributed by atoms with Crippen LogP contribution >= 0.6 is 0 Å². The lowest BCUT2D eigenvalue weighted by molar-refractivity contribution is -0.137. The number of carbonyl (C=O) groups excluding carboxylic acids is 2. The Morgan fingerprint density at radius 1 is 1.11 bits per heavy atom. The summed E-state index contributed by atoms with van der Waals surface area (Å²) in [5, 5.41) is 25.8. The van der Waals surface area contributed by atoms with Crippen LogP contribution in [0.25, 0.3) is 5.69 Å². The summed E-state index contributed by atoms with van der Waals surface area (Å²) in [6.45, 7) is -0.0758. The molecule has 2 amide bonds. The normalized spacial score (nSPS) is 14.5. The summed E-state index contributed by atoms with van der Waals surface area (Å²) in [7, 11) is 0. The number of nitrogens with one attached hydrogen (secondary N) is 3. The fourth-order valence-corrected chi connectivity index (χ4v) is 3.72. The van der Waals surface area contributed by atoms with Crippen LogP contribution < -0.4 is 16.0 Å². The number of carbonyl (C=O) groups is 4. The van der Waals surface area contributed by atoms with E-state index < -0.39 is 41.5 Å². The Morgan fingerprint density at radius 3 is 2.53 bits per heavy atom. The van der Waals surface area contributed by atoms with Crippen LogP contribution in [0, 0.1) is 0 Å². The van der Waals surface area contributed by atoms with Crippen LogP contribution in [0.4, 0.5) is 35.0 Å². The summed E-state index contributed by atoms with van der Waals surface area (Å²) < 4.78 is 42.8. The molecular formula is C24H18F3N5O6. The monoisotopic (exact) mass is 529 g/mol. The van der Waals surface area contributed by atoms with E-state index in [0.29, 0.717) is 5.56 Å². The molecule has 2 aromatic carbocycles. The van der Waals surface area contributed by atoms with Crippen molar-refractivity contribution in [2.45, 2.75) is 18.8 Å². The van der Waals surface area contributed by atoms with E-state index in [-0.39, 0.29) is 41.1 Å². The topological polar surface area (TPSA) is 162 Å². The number of aliphatic imine (C=N–C) groups is 1. The predicted molar refractivity (Wildman–Crippen MR) is 128 cm³/mol. The summed E-state index contributed by atoms with van der Waals surface area (Å²) in [6.07, 6.45) is -1.89. The zero-order valence-electron chi connectivity index (χ0n) is 19.1.